The van der Waals surface area contributed by atoms with Gasteiger partial charge in [0, 0.05) is 17.1 Å². The SMILES string of the molecule is c1ccc(-c2ccc(-c3ccc(N(c4ccccc4)c4ccc(-c5ccc6cccc(-c7ccccc7)c6c5)cc4)cc3)c(-c3ccccc3)c2)cc1. The fourth-order valence-electron chi connectivity index (χ4n) is 7.40. The maximum absolute atomic E-state index is 2.33. The van der Waals surface area contributed by atoms with Crippen LogP contribution in [0.25, 0.3) is 66.4 Å². The Morgan fingerprint density at radius 1 is 0.226 bits per heavy atom. The molecule has 0 aromatic heterocycles. The predicted molar refractivity (Wildman–Crippen MR) is 226 cm³/mol. The van der Waals surface area contributed by atoms with Crippen LogP contribution in [0.3, 0.4) is 0 Å². The summed E-state index contributed by atoms with van der Waals surface area (Å²) in [6, 6.07) is 80.7. The van der Waals surface area contributed by atoms with Crippen LogP contribution in [0.4, 0.5) is 17.1 Å². The third-order valence-corrected chi connectivity index (χ3v) is 10.1. The molecule has 9 aromatic carbocycles. The molecule has 0 aliphatic carbocycles. The van der Waals surface area contributed by atoms with Gasteiger partial charge in [-0.05, 0) is 115 Å². The lowest BCUT2D eigenvalue weighted by Gasteiger charge is -2.26. The third-order valence-electron chi connectivity index (χ3n) is 10.1. The molecule has 1 heteroatoms. The highest BCUT2D eigenvalue weighted by Gasteiger charge is 2.15. The van der Waals surface area contributed by atoms with Crippen molar-refractivity contribution in [2.24, 2.45) is 0 Å². The number of rotatable bonds is 8. The van der Waals surface area contributed by atoms with Crippen LogP contribution in [0.1, 0.15) is 0 Å². The van der Waals surface area contributed by atoms with Crippen molar-refractivity contribution < 1.29 is 0 Å². The summed E-state index contributed by atoms with van der Waals surface area (Å²) in [7, 11) is 0. The lowest BCUT2D eigenvalue weighted by atomic mass is 9.91. The number of fused-ring (bicyclic) bond motifs is 1. The molecule has 0 fully saturated rings. The zero-order valence-electron chi connectivity index (χ0n) is 29.3. The lowest BCUT2D eigenvalue weighted by Crippen LogP contribution is -2.09. The molecule has 0 saturated carbocycles. The Labute approximate surface area is 311 Å². The summed E-state index contributed by atoms with van der Waals surface area (Å²) < 4.78 is 0. The summed E-state index contributed by atoms with van der Waals surface area (Å²) in [6.45, 7) is 0. The van der Waals surface area contributed by atoms with Gasteiger partial charge in [0.05, 0.1) is 0 Å². The van der Waals surface area contributed by atoms with Crippen LogP contribution >= 0.6 is 0 Å². The first-order valence-electron chi connectivity index (χ1n) is 18.2. The van der Waals surface area contributed by atoms with Gasteiger partial charge in [0.2, 0.25) is 0 Å². The van der Waals surface area contributed by atoms with Crippen molar-refractivity contribution >= 4 is 27.8 Å². The minimum atomic E-state index is 1.10. The Bertz CT molecular complexity index is 2610. The van der Waals surface area contributed by atoms with Gasteiger partial charge in [0.25, 0.3) is 0 Å². The van der Waals surface area contributed by atoms with Crippen LogP contribution in [-0.4, -0.2) is 0 Å². The lowest BCUT2D eigenvalue weighted by molar-refractivity contribution is 1.28. The van der Waals surface area contributed by atoms with Gasteiger partial charge in [-0.2, -0.15) is 0 Å². The molecule has 0 amide bonds. The Morgan fingerprint density at radius 3 is 1.28 bits per heavy atom. The number of para-hydroxylation sites is 1. The Hall–Kier alpha value is -6.96. The molecule has 9 aromatic rings. The van der Waals surface area contributed by atoms with Gasteiger partial charge in [-0.25, -0.2) is 0 Å². The molecule has 1 nitrogen and oxygen atoms in total. The molecule has 0 aliphatic heterocycles. The summed E-state index contributed by atoms with van der Waals surface area (Å²) in [4.78, 5) is 2.33. The average molecular weight is 676 g/mol. The van der Waals surface area contributed by atoms with E-state index >= 15 is 0 Å². The normalized spacial score (nSPS) is 11.0. The van der Waals surface area contributed by atoms with Crippen LogP contribution in [0, 0.1) is 0 Å². The molecular weight excluding hydrogens is 639 g/mol. The minimum Gasteiger partial charge on any atom is -0.311 e. The largest absolute Gasteiger partial charge is 0.311 e. The van der Waals surface area contributed by atoms with Crippen LogP contribution in [-0.2, 0) is 0 Å². The van der Waals surface area contributed by atoms with Gasteiger partial charge < -0.3 is 4.90 Å². The van der Waals surface area contributed by atoms with E-state index in [0.717, 1.165) is 17.1 Å². The second kappa shape index (κ2) is 14.3. The minimum absolute atomic E-state index is 1.10. The van der Waals surface area contributed by atoms with Crippen molar-refractivity contribution in [3.63, 3.8) is 0 Å². The summed E-state index contributed by atoms with van der Waals surface area (Å²) in [5, 5.41) is 2.50. The number of hydrogen-bond donors (Lipinski definition) is 0. The summed E-state index contributed by atoms with van der Waals surface area (Å²) in [5.41, 5.74) is 15.5. The van der Waals surface area contributed by atoms with Crippen LogP contribution in [0.5, 0.6) is 0 Å². The summed E-state index contributed by atoms with van der Waals surface area (Å²) >= 11 is 0. The number of anilines is 3. The molecule has 0 unspecified atom stereocenters. The summed E-state index contributed by atoms with van der Waals surface area (Å²) in [6.07, 6.45) is 0. The van der Waals surface area contributed by atoms with E-state index in [1.165, 1.54) is 66.4 Å². The van der Waals surface area contributed by atoms with Crippen molar-refractivity contribution in [1.82, 2.24) is 0 Å². The standard InChI is InChI=1S/C52H37N/c1-5-14-38(15-6-1)45-30-35-50(51(37-45)41-18-9-3-10-19-41)43-28-33-48(34-29-43)53(46-21-11-4-12-22-46)47-31-26-39(27-32-47)44-25-24-42-20-13-23-49(52(42)36-44)40-16-7-2-8-17-40/h1-37H. The zero-order chi connectivity index (χ0) is 35.4. The first-order chi connectivity index (χ1) is 26.3. The Kier molecular flexibility index (Phi) is 8.66. The second-order valence-corrected chi connectivity index (χ2v) is 13.4. The van der Waals surface area contributed by atoms with E-state index in [9.17, 15) is 0 Å². The number of benzene rings is 9. The molecule has 0 heterocycles. The van der Waals surface area contributed by atoms with E-state index in [1.807, 2.05) is 0 Å². The number of hydrogen-bond acceptors (Lipinski definition) is 1. The van der Waals surface area contributed by atoms with Crippen LogP contribution < -0.4 is 4.90 Å². The van der Waals surface area contributed by atoms with E-state index in [2.05, 4.69) is 229 Å². The molecule has 250 valence electrons. The van der Waals surface area contributed by atoms with Crippen LogP contribution in [0.15, 0.2) is 224 Å². The quantitative estimate of drug-likeness (QED) is 0.155. The van der Waals surface area contributed by atoms with Gasteiger partial charge in [-0.1, -0.05) is 176 Å². The van der Waals surface area contributed by atoms with Crippen molar-refractivity contribution in [3.8, 4) is 55.6 Å². The summed E-state index contributed by atoms with van der Waals surface area (Å²) in [5.74, 6) is 0. The monoisotopic (exact) mass is 675 g/mol. The second-order valence-electron chi connectivity index (χ2n) is 13.4. The first-order valence-corrected chi connectivity index (χ1v) is 18.2. The van der Waals surface area contributed by atoms with Gasteiger partial charge in [-0.15, -0.1) is 0 Å². The van der Waals surface area contributed by atoms with Crippen molar-refractivity contribution in [3.05, 3.63) is 224 Å². The third kappa shape index (κ3) is 6.53. The van der Waals surface area contributed by atoms with E-state index in [1.54, 1.807) is 0 Å². The molecule has 9 rings (SSSR count). The molecule has 0 atom stereocenters. The zero-order valence-corrected chi connectivity index (χ0v) is 29.3. The molecule has 0 N–H and O–H groups in total. The molecule has 0 spiro atoms. The maximum Gasteiger partial charge on any atom is 0.0462 e. The predicted octanol–water partition coefficient (Wildman–Crippen LogP) is 14.6. The van der Waals surface area contributed by atoms with E-state index in [-0.39, 0.29) is 0 Å². The molecule has 0 saturated heterocycles. The topological polar surface area (TPSA) is 3.24 Å². The maximum atomic E-state index is 2.33. The van der Waals surface area contributed by atoms with Gasteiger partial charge >= 0.3 is 0 Å². The first kappa shape index (κ1) is 32.0. The molecule has 0 radical (unpaired) electrons. The number of nitrogens with zero attached hydrogens (tertiary/aromatic N) is 1. The molecule has 0 bridgehead atoms. The van der Waals surface area contributed by atoms with Crippen LogP contribution in [0.2, 0.25) is 0 Å². The average Bonchev–Trinajstić information content (AvgIpc) is 3.25. The Morgan fingerprint density at radius 2 is 0.660 bits per heavy atom. The molecule has 0 aliphatic rings. The van der Waals surface area contributed by atoms with E-state index in [0.29, 0.717) is 0 Å². The van der Waals surface area contributed by atoms with Gasteiger partial charge in [-0.3, -0.25) is 0 Å². The fourth-order valence-corrected chi connectivity index (χ4v) is 7.40. The Balaban J connectivity index is 1.07. The van der Waals surface area contributed by atoms with E-state index < -0.39 is 0 Å². The molecule has 53 heavy (non-hydrogen) atoms. The van der Waals surface area contributed by atoms with Gasteiger partial charge in [0.15, 0.2) is 0 Å². The van der Waals surface area contributed by atoms with E-state index in [4.69, 9.17) is 0 Å². The van der Waals surface area contributed by atoms with Crippen molar-refractivity contribution in [2.75, 3.05) is 4.90 Å². The highest BCUT2D eigenvalue weighted by molar-refractivity contribution is 5.99. The highest BCUT2D eigenvalue weighted by atomic mass is 15.1. The fraction of sp³-hybridized carbons (Fsp3) is 0. The van der Waals surface area contributed by atoms with Crippen molar-refractivity contribution in [2.45, 2.75) is 0 Å². The smallest absolute Gasteiger partial charge is 0.0462 e. The van der Waals surface area contributed by atoms with Gasteiger partial charge in [0.1, 0.15) is 0 Å². The molecular formula is C52H37N. The van der Waals surface area contributed by atoms with Crippen molar-refractivity contribution in [1.29, 1.82) is 0 Å². The highest BCUT2D eigenvalue weighted by Crippen LogP contribution is 2.40.